The van der Waals surface area contributed by atoms with E-state index in [1.54, 1.807) is 0 Å². The van der Waals surface area contributed by atoms with E-state index in [4.69, 9.17) is 23.3 Å². The Morgan fingerprint density at radius 3 is 1.08 bits per heavy atom. The SMILES string of the molecule is CCCCC/C=C\C/C=C\C/C=C\CCCCCCCCC(=O)OC(COC(=O)CCCCCCCCCCC)COP(=O)(O)OCC(CO)OC(=O)CCCCCCCCC/C=C\CCCCCCCC. The number of rotatable bonds is 55. The Labute approximate surface area is 441 Å². The standard InChI is InChI=1S/C60H109O11P/c1-4-7-10-13-16-19-21-23-25-27-28-30-32-34-36-39-42-45-48-51-60(64)71-57(53-67-58(62)49-46-43-40-37-18-15-12-9-6-3)55-69-72(65,66)68-54-56(52-61)70-59(63)50-47-44-41-38-35-33-31-29-26-24-22-20-17-14-11-8-5-2/h16,19,23-26,28,30,56-57,61H,4-15,17-18,20-22,27,29,31-55H2,1-3H3,(H,65,66)/b19-16-,25-23-,26-24-,30-28-. The number of hydrogen-bond acceptors (Lipinski definition) is 10. The lowest BCUT2D eigenvalue weighted by atomic mass is 10.1. The van der Waals surface area contributed by atoms with Crippen molar-refractivity contribution in [3.63, 3.8) is 0 Å². The number of unbranched alkanes of at least 4 members (excludes halogenated alkanes) is 30. The van der Waals surface area contributed by atoms with Crippen molar-refractivity contribution in [2.75, 3.05) is 26.4 Å². The average Bonchev–Trinajstić information content (AvgIpc) is 3.37. The summed E-state index contributed by atoms with van der Waals surface area (Å²) in [5.41, 5.74) is 0. The number of aliphatic hydroxyl groups excluding tert-OH is 1. The van der Waals surface area contributed by atoms with Gasteiger partial charge in [0.25, 0.3) is 0 Å². The van der Waals surface area contributed by atoms with Gasteiger partial charge in [-0.25, -0.2) is 4.57 Å². The second kappa shape index (κ2) is 54.7. The Kier molecular flexibility index (Phi) is 52.7. The molecule has 12 heteroatoms. The van der Waals surface area contributed by atoms with Gasteiger partial charge in [0.2, 0.25) is 0 Å². The average molecular weight is 1040 g/mol. The largest absolute Gasteiger partial charge is 0.472 e. The number of esters is 3. The molecule has 0 aliphatic rings. The molecule has 0 aliphatic carbocycles. The van der Waals surface area contributed by atoms with Crippen LogP contribution in [0.15, 0.2) is 48.6 Å². The predicted molar refractivity (Wildman–Crippen MR) is 298 cm³/mol. The van der Waals surface area contributed by atoms with Crippen LogP contribution in [-0.4, -0.2) is 66.5 Å². The highest BCUT2D eigenvalue weighted by molar-refractivity contribution is 7.47. The van der Waals surface area contributed by atoms with E-state index in [2.05, 4.69) is 69.4 Å². The molecule has 0 heterocycles. The van der Waals surface area contributed by atoms with Gasteiger partial charge in [-0.1, -0.05) is 223 Å². The number of phosphoric acid groups is 1. The van der Waals surface area contributed by atoms with Crippen molar-refractivity contribution in [1.29, 1.82) is 0 Å². The molecule has 0 aromatic heterocycles. The van der Waals surface area contributed by atoms with Crippen LogP contribution in [0.3, 0.4) is 0 Å². The lowest BCUT2D eigenvalue weighted by molar-refractivity contribution is -0.161. The molecule has 3 unspecified atom stereocenters. The van der Waals surface area contributed by atoms with E-state index in [9.17, 15) is 28.9 Å². The number of carbonyl (C=O) groups is 3. The third-order valence-electron chi connectivity index (χ3n) is 12.7. The number of allylic oxidation sites excluding steroid dienone is 8. The summed E-state index contributed by atoms with van der Waals surface area (Å²) in [6.45, 7) is 4.60. The van der Waals surface area contributed by atoms with E-state index >= 15 is 0 Å². The van der Waals surface area contributed by atoms with Crippen molar-refractivity contribution in [3.8, 4) is 0 Å². The molecule has 0 bridgehead atoms. The zero-order valence-electron chi connectivity index (χ0n) is 46.4. The van der Waals surface area contributed by atoms with E-state index in [-0.39, 0.29) is 25.9 Å². The summed E-state index contributed by atoms with van der Waals surface area (Å²) in [5, 5.41) is 9.81. The molecule has 0 fully saturated rings. The molecule has 3 atom stereocenters. The van der Waals surface area contributed by atoms with Gasteiger partial charge in [-0.2, -0.15) is 0 Å². The van der Waals surface area contributed by atoms with Crippen LogP contribution in [0.5, 0.6) is 0 Å². The Hall–Kier alpha value is -2.56. The Morgan fingerprint density at radius 2 is 0.681 bits per heavy atom. The number of hydrogen-bond donors (Lipinski definition) is 2. The molecule has 2 N–H and O–H groups in total. The van der Waals surface area contributed by atoms with Crippen LogP contribution in [0.2, 0.25) is 0 Å². The normalized spacial score (nSPS) is 13.7. The minimum absolute atomic E-state index is 0.155. The minimum Gasteiger partial charge on any atom is -0.462 e. The molecule has 0 radical (unpaired) electrons. The summed E-state index contributed by atoms with van der Waals surface area (Å²) < 4.78 is 39.5. The molecule has 0 saturated carbocycles. The molecular weight excluding hydrogens is 928 g/mol. The lowest BCUT2D eigenvalue weighted by Gasteiger charge is -2.21. The molecular formula is C60H109O11P. The third-order valence-corrected chi connectivity index (χ3v) is 13.7. The summed E-state index contributed by atoms with van der Waals surface area (Å²) in [6, 6.07) is 0. The van der Waals surface area contributed by atoms with Gasteiger partial charge in [0.15, 0.2) is 6.10 Å². The van der Waals surface area contributed by atoms with Gasteiger partial charge in [0, 0.05) is 19.3 Å². The van der Waals surface area contributed by atoms with Crippen molar-refractivity contribution in [2.24, 2.45) is 0 Å². The van der Waals surface area contributed by atoms with Crippen molar-refractivity contribution in [1.82, 2.24) is 0 Å². The van der Waals surface area contributed by atoms with Crippen LogP contribution < -0.4 is 0 Å². The first-order valence-electron chi connectivity index (χ1n) is 29.5. The monoisotopic (exact) mass is 1040 g/mol. The Morgan fingerprint density at radius 1 is 0.389 bits per heavy atom. The van der Waals surface area contributed by atoms with Gasteiger partial charge in [-0.3, -0.25) is 23.4 Å². The van der Waals surface area contributed by atoms with E-state index < -0.39 is 57.8 Å². The lowest BCUT2D eigenvalue weighted by Crippen LogP contribution is -2.30. The Bertz CT molecular complexity index is 1400. The molecule has 0 amide bonds. The molecule has 0 saturated heterocycles. The number of phosphoric ester groups is 1. The zero-order valence-corrected chi connectivity index (χ0v) is 47.3. The fourth-order valence-electron chi connectivity index (χ4n) is 8.18. The first-order chi connectivity index (χ1) is 35.2. The molecule has 72 heavy (non-hydrogen) atoms. The van der Waals surface area contributed by atoms with Crippen molar-refractivity contribution >= 4 is 25.7 Å². The highest BCUT2D eigenvalue weighted by Gasteiger charge is 2.28. The van der Waals surface area contributed by atoms with Crippen LogP contribution in [0.25, 0.3) is 0 Å². The fourth-order valence-corrected chi connectivity index (χ4v) is 8.97. The summed E-state index contributed by atoms with van der Waals surface area (Å²) in [4.78, 5) is 48.4. The van der Waals surface area contributed by atoms with Gasteiger partial charge >= 0.3 is 25.7 Å². The number of carbonyl (C=O) groups excluding carboxylic acids is 3. The maximum Gasteiger partial charge on any atom is 0.472 e. The summed E-state index contributed by atoms with van der Waals surface area (Å²) in [6.07, 6.45) is 57.9. The quantitative estimate of drug-likeness (QED) is 0.0197. The van der Waals surface area contributed by atoms with Crippen LogP contribution >= 0.6 is 7.82 Å². The molecule has 0 aromatic carbocycles. The number of aliphatic hydroxyl groups is 1. The maximum absolute atomic E-state index is 12.9. The van der Waals surface area contributed by atoms with Gasteiger partial charge in [0.1, 0.15) is 12.7 Å². The second-order valence-corrected chi connectivity index (χ2v) is 21.3. The van der Waals surface area contributed by atoms with E-state index in [1.807, 2.05) is 0 Å². The highest BCUT2D eigenvalue weighted by Crippen LogP contribution is 2.43. The van der Waals surface area contributed by atoms with Crippen LogP contribution in [0.1, 0.15) is 278 Å². The highest BCUT2D eigenvalue weighted by atomic mass is 31.2. The Balaban J connectivity index is 4.62. The summed E-state index contributed by atoms with van der Waals surface area (Å²) in [7, 11) is -4.75. The van der Waals surface area contributed by atoms with Gasteiger partial charge in [-0.15, -0.1) is 0 Å². The van der Waals surface area contributed by atoms with Crippen LogP contribution in [-0.2, 0) is 42.2 Å². The molecule has 0 aliphatic heterocycles. The molecule has 420 valence electrons. The molecule has 0 rings (SSSR count). The second-order valence-electron chi connectivity index (χ2n) is 19.8. The predicted octanol–water partition coefficient (Wildman–Crippen LogP) is 17.4. The topological polar surface area (TPSA) is 155 Å². The van der Waals surface area contributed by atoms with E-state index in [1.165, 1.54) is 122 Å². The third kappa shape index (κ3) is 52.3. The van der Waals surface area contributed by atoms with Gasteiger partial charge in [-0.05, 0) is 83.5 Å². The van der Waals surface area contributed by atoms with Crippen molar-refractivity contribution in [2.45, 2.75) is 290 Å². The smallest absolute Gasteiger partial charge is 0.462 e. The molecule has 11 nitrogen and oxygen atoms in total. The van der Waals surface area contributed by atoms with E-state index in [0.29, 0.717) is 19.3 Å². The van der Waals surface area contributed by atoms with Crippen LogP contribution in [0, 0.1) is 0 Å². The van der Waals surface area contributed by atoms with Gasteiger partial charge in [0.05, 0.1) is 19.8 Å². The van der Waals surface area contributed by atoms with E-state index in [0.717, 1.165) is 96.3 Å². The number of ether oxygens (including phenoxy) is 3. The van der Waals surface area contributed by atoms with Crippen LogP contribution in [0.4, 0.5) is 0 Å². The van der Waals surface area contributed by atoms with Crippen molar-refractivity contribution < 1.29 is 52.2 Å². The minimum atomic E-state index is -4.75. The van der Waals surface area contributed by atoms with Gasteiger partial charge < -0.3 is 24.2 Å². The maximum atomic E-state index is 12.9. The summed E-state index contributed by atoms with van der Waals surface area (Å²) in [5.74, 6) is -1.47. The molecule has 0 aromatic rings. The molecule has 0 spiro atoms. The first-order valence-corrected chi connectivity index (χ1v) is 31.0. The first kappa shape index (κ1) is 69.4. The summed E-state index contributed by atoms with van der Waals surface area (Å²) >= 11 is 0. The zero-order chi connectivity index (χ0) is 52.7. The fraction of sp³-hybridized carbons (Fsp3) is 0.817. The van der Waals surface area contributed by atoms with Crippen molar-refractivity contribution in [3.05, 3.63) is 48.6 Å².